The van der Waals surface area contributed by atoms with Crippen LogP contribution in [0.5, 0.6) is 0 Å². The number of rotatable bonds is 11. The van der Waals surface area contributed by atoms with Crippen molar-refractivity contribution < 1.29 is 9.59 Å². The largest absolute Gasteiger partial charge is 0.305 e. The molecule has 0 unspecified atom stereocenters. The summed E-state index contributed by atoms with van der Waals surface area (Å²) in [7, 11) is 0. The number of amides is 1. The van der Waals surface area contributed by atoms with E-state index in [-0.39, 0.29) is 28.5 Å². The van der Waals surface area contributed by atoms with Crippen LogP contribution in [-0.4, -0.2) is 31.3 Å². The third-order valence-electron chi connectivity index (χ3n) is 10.1. The molecule has 52 heavy (non-hydrogen) atoms. The number of carbonyl (C=O) groups is 2. The van der Waals surface area contributed by atoms with Gasteiger partial charge < -0.3 is 5.32 Å². The maximum atomic E-state index is 13.2. The number of hydrogen-bond donors (Lipinski definition) is 1. The molecule has 7 heteroatoms. The molecule has 0 radical (unpaired) electrons. The number of allylic oxidation sites excluding steroid dienone is 19. The van der Waals surface area contributed by atoms with Gasteiger partial charge in [-0.05, 0) is 113 Å². The van der Waals surface area contributed by atoms with Gasteiger partial charge in [-0.3, -0.25) is 9.59 Å². The van der Waals surface area contributed by atoms with Crippen molar-refractivity contribution in [3.63, 3.8) is 0 Å². The number of nitrogens with zero attached hydrogens (tertiary/aromatic N) is 4. The first-order valence-electron chi connectivity index (χ1n) is 18.4. The Morgan fingerprint density at radius 1 is 0.712 bits per heavy atom. The van der Waals surface area contributed by atoms with Crippen molar-refractivity contribution in [2.75, 3.05) is 5.32 Å². The second-order valence-electron chi connectivity index (χ2n) is 15.7. The molecule has 4 rings (SSSR count). The molecule has 274 valence electrons. The highest BCUT2D eigenvalue weighted by Crippen LogP contribution is 2.41. The Hall–Kier alpha value is -4.91. The van der Waals surface area contributed by atoms with Crippen LogP contribution in [0.3, 0.4) is 0 Å². The minimum Gasteiger partial charge on any atom is -0.305 e. The van der Waals surface area contributed by atoms with Crippen molar-refractivity contribution in [2.24, 2.45) is 10.8 Å². The molecule has 7 nitrogen and oxygen atoms in total. The van der Waals surface area contributed by atoms with E-state index < -0.39 is 0 Å². The van der Waals surface area contributed by atoms with Gasteiger partial charge in [-0.1, -0.05) is 111 Å². The summed E-state index contributed by atoms with van der Waals surface area (Å²) in [4.78, 5) is 38.9. The SMILES string of the molecule is CC1=C(/C=C/C(C)=C/C=C/C(C)=C/C(=O)Nc2ncnc3c2ncn3C(=O)/C=C(C)/C=C/C=C(C)/C=C/C2=C(C)CCCC2(C)C)C(C)(C)CCC1. The zero-order chi connectivity index (χ0) is 38.1. The summed E-state index contributed by atoms with van der Waals surface area (Å²) in [6.07, 6.45) is 33.6. The lowest BCUT2D eigenvalue weighted by Gasteiger charge is -2.33. The second-order valence-corrected chi connectivity index (χ2v) is 15.7. The molecule has 2 aromatic rings. The monoisotopic (exact) mass is 699 g/mol. The van der Waals surface area contributed by atoms with Crippen LogP contribution in [0.15, 0.2) is 130 Å². The van der Waals surface area contributed by atoms with Crippen LogP contribution >= 0.6 is 0 Å². The van der Waals surface area contributed by atoms with Crippen LogP contribution in [-0.2, 0) is 4.79 Å². The van der Waals surface area contributed by atoms with Crippen LogP contribution in [0.4, 0.5) is 5.82 Å². The van der Waals surface area contributed by atoms with Gasteiger partial charge in [-0.25, -0.2) is 19.5 Å². The molecule has 1 amide bonds. The highest BCUT2D eigenvalue weighted by molar-refractivity contribution is 6.05. The molecule has 1 N–H and O–H groups in total. The van der Waals surface area contributed by atoms with Crippen molar-refractivity contribution in [1.82, 2.24) is 19.5 Å². The van der Waals surface area contributed by atoms with Gasteiger partial charge in [0, 0.05) is 12.2 Å². The third-order valence-corrected chi connectivity index (χ3v) is 10.1. The fourth-order valence-corrected chi connectivity index (χ4v) is 7.07. The first-order valence-corrected chi connectivity index (χ1v) is 18.4. The quantitative estimate of drug-likeness (QED) is 0.186. The molecule has 0 spiro atoms. The van der Waals surface area contributed by atoms with Gasteiger partial charge in [0.15, 0.2) is 17.0 Å². The highest BCUT2D eigenvalue weighted by atomic mass is 16.2. The summed E-state index contributed by atoms with van der Waals surface area (Å²) in [5.74, 6) is -0.405. The number of hydrogen-bond acceptors (Lipinski definition) is 5. The summed E-state index contributed by atoms with van der Waals surface area (Å²) >= 11 is 0. The molecule has 0 saturated carbocycles. The van der Waals surface area contributed by atoms with Crippen molar-refractivity contribution in [3.05, 3.63) is 130 Å². The lowest BCUT2D eigenvalue weighted by molar-refractivity contribution is -0.112. The Labute approximate surface area is 311 Å². The van der Waals surface area contributed by atoms with Gasteiger partial charge >= 0.3 is 0 Å². The van der Waals surface area contributed by atoms with Crippen LogP contribution in [0, 0.1) is 10.8 Å². The predicted octanol–water partition coefficient (Wildman–Crippen LogP) is 11.5. The smallest absolute Gasteiger partial charge is 0.257 e. The van der Waals surface area contributed by atoms with E-state index in [2.05, 4.69) is 100.0 Å². The van der Waals surface area contributed by atoms with Crippen LogP contribution in [0.1, 0.15) is 113 Å². The first kappa shape index (κ1) is 39.9. The number of nitrogens with one attached hydrogen (secondary N) is 1. The van der Waals surface area contributed by atoms with Crippen molar-refractivity contribution in [1.29, 1.82) is 0 Å². The van der Waals surface area contributed by atoms with E-state index in [0.717, 1.165) is 22.3 Å². The topological polar surface area (TPSA) is 89.8 Å². The standard InChI is InChI=1S/C45H57N5O2/c1-31(21-23-37-35(5)19-13-25-44(37,7)8)15-11-17-33(3)27-39(51)49-42-41-43(47-29-46-42)50(30-48-41)40(52)28-34(4)18-12-16-32(2)22-24-38-36(6)20-14-26-45(38,9)10/h11-12,15-18,21-24,27-30H,13-14,19-20,25-26H2,1-10H3,(H,46,47,49,51)/b17-11+,18-12+,23-21+,24-22+,31-15+,32-16+,33-27+,34-28+. The normalized spacial score (nSPS) is 19.3. The molecule has 2 aliphatic rings. The second kappa shape index (κ2) is 17.5. The van der Waals surface area contributed by atoms with E-state index in [1.807, 2.05) is 50.3 Å². The van der Waals surface area contributed by atoms with E-state index in [1.165, 1.54) is 90.2 Å². The fourth-order valence-electron chi connectivity index (χ4n) is 7.07. The maximum absolute atomic E-state index is 13.2. The number of anilines is 1. The molecule has 0 atom stereocenters. The van der Waals surface area contributed by atoms with Crippen LogP contribution in [0.2, 0.25) is 0 Å². The molecular formula is C45H57N5O2. The zero-order valence-electron chi connectivity index (χ0n) is 32.9. The average molecular weight is 700 g/mol. The first-order chi connectivity index (χ1) is 24.6. The summed E-state index contributed by atoms with van der Waals surface area (Å²) < 4.78 is 1.36. The van der Waals surface area contributed by atoms with E-state index in [9.17, 15) is 9.59 Å². The molecule has 0 bridgehead atoms. The van der Waals surface area contributed by atoms with Gasteiger partial charge in [0.2, 0.25) is 5.91 Å². The van der Waals surface area contributed by atoms with Crippen LogP contribution in [0.25, 0.3) is 11.2 Å². The average Bonchev–Trinajstić information content (AvgIpc) is 3.49. The van der Waals surface area contributed by atoms with E-state index in [1.54, 1.807) is 0 Å². The van der Waals surface area contributed by atoms with Gasteiger partial charge in [0.25, 0.3) is 5.91 Å². The lowest BCUT2D eigenvalue weighted by atomic mass is 9.72. The summed E-state index contributed by atoms with van der Waals surface area (Å²) in [5.41, 5.74) is 10.7. The zero-order valence-corrected chi connectivity index (χ0v) is 32.9. The molecule has 2 heterocycles. The Balaban J connectivity index is 1.37. The minimum atomic E-state index is -0.348. The number of aromatic nitrogens is 4. The molecule has 2 aromatic heterocycles. The number of carbonyl (C=O) groups excluding carboxylic acids is 2. The van der Waals surface area contributed by atoms with Crippen LogP contribution < -0.4 is 5.32 Å². The molecule has 0 fully saturated rings. The van der Waals surface area contributed by atoms with Gasteiger partial charge in [0.05, 0.1) is 0 Å². The Kier molecular flexibility index (Phi) is 13.4. The molecular weight excluding hydrogens is 643 g/mol. The van der Waals surface area contributed by atoms with E-state index in [4.69, 9.17) is 0 Å². The number of imidazole rings is 1. The maximum Gasteiger partial charge on any atom is 0.257 e. The minimum absolute atomic E-state index is 0.204. The summed E-state index contributed by atoms with van der Waals surface area (Å²) in [6, 6.07) is 0. The van der Waals surface area contributed by atoms with Gasteiger partial charge in [-0.15, -0.1) is 0 Å². The molecule has 0 aromatic carbocycles. The van der Waals surface area contributed by atoms with Crippen molar-refractivity contribution in [3.8, 4) is 0 Å². The predicted molar refractivity (Wildman–Crippen MR) is 217 cm³/mol. The Morgan fingerprint density at radius 3 is 1.75 bits per heavy atom. The lowest BCUT2D eigenvalue weighted by Crippen LogP contribution is -2.19. The Bertz CT molecular complexity index is 2000. The Morgan fingerprint density at radius 2 is 1.23 bits per heavy atom. The third kappa shape index (κ3) is 10.8. The molecule has 0 aliphatic heterocycles. The number of fused-ring (bicyclic) bond motifs is 1. The van der Waals surface area contributed by atoms with Crippen molar-refractivity contribution >= 4 is 28.8 Å². The fraction of sp³-hybridized carbons (Fsp3) is 0.400. The van der Waals surface area contributed by atoms with E-state index >= 15 is 0 Å². The van der Waals surface area contributed by atoms with E-state index in [0.29, 0.717) is 11.2 Å². The van der Waals surface area contributed by atoms with Crippen molar-refractivity contribution in [2.45, 2.75) is 108 Å². The molecule has 2 aliphatic carbocycles. The highest BCUT2D eigenvalue weighted by Gasteiger charge is 2.27. The van der Waals surface area contributed by atoms with Gasteiger partial charge in [0.1, 0.15) is 12.7 Å². The summed E-state index contributed by atoms with van der Waals surface area (Å²) in [5, 5.41) is 2.79. The van der Waals surface area contributed by atoms with Gasteiger partial charge in [-0.2, -0.15) is 0 Å². The summed E-state index contributed by atoms with van der Waals surface area (Å²) in [6.45, 7) is 21.7. The molecule has 0 saturated heterocycles.